The lowest BCUT2D eigenvalue weighted by molar-refractivity contribution is -0.155. The molecule has 0 bridgehead atoms. The second kappa shape index (κ2) is 45.0. The normalized spacial score (nSPS) is 11.7. The molecule has 10 heteroatoms. The fourth-order valence-corrected chi connectivity index (χ4v) is 16.9. The standard InChI is InChI=1S/C117H110O10/c1-6-84-35-7-8-36-85(84)65-86-37-9-10-38-87(86)66-88-39-11-12-40-89(88)67-90-41-13-14-42-91(90)68-92-43-15-16-44-93(92)69-94-45-17-18-46-95(94)70-96-47-19-20-48-97(96)71-98-49-21-22-50-99(98)72-100-51-23-24-52-101(100)73-102-53-25-26-54-103(102)74-104-55-27-28-56-105(104)75-106-57-29-30-58-107(106)76-108-59-31-32-60-109(108)77-110-61-33-34-62-113(110)123-80-112(81-126-117(122)83(4)5)127-115(120)64-63-114(119)124-78-111(118)79-125-116(121)82(2)3/h7-64,111-112,118H,2,4,6,65-81H2,1,3,5H3/b64-63+. The molecule has 638 valence electrons. The number of hydrogen-bond donors (Lipinski definition) is 1. The highest BCUT2D eigenvalue weighted by molar-refractivity contribution is 5.92. The molecule has 0 fully saturated rings. The summed E-state index contributed by atoms with van der Waals surface area (Å²) in [6.07, 6.45) is 10.7. The van der Waals surface area contributed by atoms with Crippen molar-refractivity contribution < 1.29 is 48.0 Å². The molecule has 0 spiro atoms. The van der Waals surface area contributed by atoms with Crippen molar-refractivity contribution >= 4 is 23.9 Å². The van der Waals surface area contributed by atoms with Crippen LogP contribution in [0.15, 0.2) is 376 Å². The van der Waals surface area contributed by atoms with E-state index in [9.17, 15) is 24.3 Å². The van der Waals surface area contributed by atoms with Crippen LogP contribution in [0.4, 0.5) is 0 Å². The first-order chi connectivity index (χ1) is 62.1. The molecule has 14 aromatic rings. The first-order valence-corrected chi connectivity index (χ1v) is 44.1. The largest absolute Gasteiger partial charge is 0.489 e. The summed E-state index contributed by atoms with van der Waals surface area (Å²) in [6.45, 7) is 10.9. The highest BCUT2D eigenvalue weighted by Gasteiger charge is 2.23. The first kappa shape index (κ1) is 89.2. The van der Waals surface area contributed by atoms with E-state index in [4.69, 9.17) is 23.7 Å². The molecule has 0 aromatic heterocycles. The van der Waals surface area contributed by atoms with E-state index >= 15 is 0 Å². The monoisotopic (exact) mass is 1670 g/mol. The fraction of sp³-hybridized carbons (Fsp3) is 0.197. The van der Waals surface area contributed by atoms with E-state index in [0.717, 1.165) is 106 Å². The van der Waals surface area contributed by atoms with Crippen molar-refractivity contribution in [1.29, 1.82) is 0 Å². The van der Waals surface area contributed by atoms with Crippen LogP contribution in [0.3, 0.4) is 0 Å². The van der Waals surface area contributed by atoms with Gasteiger partial charge in [-0.2, -0.15) is 0 Å². The van der Waals surface area contributed by atoms with E-state index in [1.165, 1.54) is 147 Å². The highest BCUT2D eigenvalue weighted by atomic mass is 16.6. The first-order valence-electron chi connectivity index (χ1n) is 44.1. The molecule has 2 unspecified atom stereocenters. The summed E-state index contributed by atoms with van der Waals surface area (Å²) in [5.41, 5.74) is 35.7. The average molecular weight is 1680 g/mol. The summed E-state index contributed by atoms with van der Waals surface area (Å²) in [5.74, 6) is -2.74. The molecule has 14 aromatic carbocycles. The lowest BCUT2D eigenvalue weighted by Crippen LogP contribution is -2.31. The van der Waals surface area contributed by atoms with Gasteiger partial charge in [-0.1, -0.05) is 354 Å². The number of rotatable bonds is 41. The number of ether oxygens (including phenoxy) is 5. The number of para-hydroxylation sites is 1. The van der Waals surface area contributed by atoms with E-state index in [-0.39, 0.29) is 24.4 Å². The SMILES string of the molecule is C=C(C)C(=O)OCC(O)COC(=O)/C=C/C(=O)OC(COC(=O)C(=C)C)COc1ccccc1Cc1ccccc1Cc1ccccc1Cc1ccccc1Cc1ccccc1Cc1ccccc1Cc1ccccc1Cc1ccccc1Cc1ccccc1Cc1ccccc1Cc1ccccc1Cc1ccccc1Cc1ccccc1Cc1ccccc1CC. The Morgan fingerprint density at radius 1 is 0.252 bits per heavy atom. The van der Waals surface area contributed by atoms with E-state index in [1.54, 1.807) is 0 Å². The van der Waals surface area contributed by atoms with Crippen LogP contribution >= 0.6 is 0 Å². The van der Waals surface area contributed by atoms with Gasteiger partial charge < -0.3 is 28.8 Å². The molecule has 10 nitrogen and oxygen atoms in total. The topological polar surface area (TPSA) is 135 Å². The van der Waals surface area contributed by atoms with Crippen molar-refractivity contribution in [2.45, 2.75) is 123 Å². The maximum absolute atomic E-state index is 13.1. The summed E-state index contributed by atoms with van der Waals surface area (Å²) in [5, 5.41) is 10.1. The van der Waals surface area contributed by atoms with Gasteiger partial charge in [-0.3, -0.25) is 0 Å². The lowest BCUT2D eigenvalue weighted by atomic mass is 9.87. The van der Waals surface area contributed by atoms with Crippen LogP contribution in [0.25, 0.3) is 0 Å². The molecule has 0 aliphatic carbocycles. The Balaban J connectivity index is 0.613. The number of aliphatic hydroxyl groups excluding tert-OH is 1. The minimum atomic E-state index is -1.31. The Hall–Kier alpha value is -14.1. The molecule has 0 saturated heterocycles. The van der Waals surface area contributed by atoms with Gasteiger partial charge in [0.1, 0.15) is 38.3 Å². The number of benzene rings is 14. The summed E-state index contributed by atoms with van der Waals surface area (Å²) in [7, 11) is 0. The van der Waals surface area contributed by atoms with Gasteiger partial charge in [0.25, 0.3) is 0 Å². The number of carbonyl (C=O) groups is 4. The molecule has 14 rings (SSSR count). The molecule has 0 heterocycles. The zero-order valence-corrected chi connectivity index (χ0v) is 72.9. The molecule has 127 heavy (non-hydrogen) atoms. The van der Waals surface area contributed by atoms with Crippen molar-refractivity contribution in [3.63, 3.8) is 0 Å². The Morgan fingerprint density at radius 3 is 0.661 bits per heavy atom. The lowest BCUT2D eigenvalue weighted by Gasteiger charge is -2.20. The minimum Gasteiger partial charge on any atom is -0.489 e. The molecular weight excluding hydrogens is 1570 g/mol. The minimum absolute atomic E-state index is 0.148. The predicted octanol–water partition coefficient (Wildman–Crippen LogP) is 22.9. The second-order valence-electron chi connectivity index (χ2n) is 33.0. The van der Waals surface area contributed by atoms with Gasteiger partial charge >= 0.3 is 23.9 Å². The van der Waals surface area contributed by atoms with Gasteiger partial charge in [-0.15, -0.1) is 0 Å². The maximum atomic E-state index is 13.1. The van der Waals surface area contributed by atoms with Crippen LogP contribution in [0.1, 0.15) is 171 Å². The third-order valence-electron chi connectivity index (χ3n) is 23.8. The third-order valence-corrected chi connectivity index (χ3v) is 23.8. The smallest absolute Gasteiger partial charge is 0.333 e. The Labute approximate surface area is 748 Å². The molecule has 0 aliphatic rings. The Kier molecular flexibility index (Phi) is 31.6. The van der Waals surface area contributed by atoms with Crippen molar-refractivity contribution in [3.8, 4) is 5.75 Å². The number of aryl methyl sites for hydroxylation is 1. The van der Waals surface area contributed by atoms with Crippen molar-refractivity contribution in [2.75, 3.05) is 26.4 Å². The van der Waals surface area contributed by atoms with Gasteiger partial charge in [-0.05, 0) is 254 Å². The molecule has 0 saturated carbocycles. The van der Waals surface area contributed by atoms with Gasteiger partial charge in [0.05, 0.1) is 0 Å². The molecule has 0 radical (unpaired) electrons. The van der Waals surface area contributed by atoms with Crippen LogP contribution in [0.5, 0.6) is 5.75 Å². The van der Waals surface area contributed by atoms with E-state index in [2.05, 4.69) is 329 Å². The van der Waals surface area contributed by atoms with Gasteiger partial charge in [0, 0.05) is 29.7 Å². The third kappa shape index (κ3) is 25.4. The quantitative estimate of drug-likeness (QED) is 0.0224. The van der Waals surface area contributed by atoms with Gasteiger partial charge in [-0.25, -0.2) is 19.2 Å². The summed E-state index contributed by atoms with van der Waals surface area (Å²) >= 11 is 0. The van der Waals surface area contributed by atoms with Crippen LogP contribution in [0.2, 0.25) is 0 Å². The molecule has 0 aliphatic heterocycles. The van der Waals surface area contributed by atoms with Crippen molar-refractivity contribution in [3.05, 3.63) is 526 Å². The molecular formula is C117H110O10. The Bertz CT molecular complexity index is 6200. The van der Waals surface area contributed by atoms with Crippen LogP contribution in [0, 0.1) is 0 Å². The van der Waals surface area contributed by atoms with Gasteiger partial charge in [0.15, 0.2) is 6.10 Å². The van der Waals surface area contributed by atoms with Crippen molar-refractivity contribution in [1.82, 2.24) is 0 Å². The fourth-order valence-electron chi connectivity index (χ4n) is 16.9. The van der Waals surface area contributed by atoms with Gasteiger partial charge in [0.2, 0.25) is 0 Å². The van der Waals surface area contributed by atoms with E-state index < -0.39 is 49.3 Å². The van der Waals surface area contributed by atoms with E-state index in [0.29, 0.717) is 18.6 Å². The maximum Gasteiger partial charge on any atom is 0.333 e. The summed E-state index contributed by atoms with van der Waals surface area (Å²) < 4.78 is 27.3. The average Bonchev–Trinajstić information content (AvgIpc) is 0.851. The van der Waals surface area contributed by atoms with Crippen LogP contribution < -0.4 is 4.74 Å². The Morgan fingerprint density at radius 2 is 0.433 bits per heavy atom. The second-order valence-corrected chi connectivity index (χ2v) is 33.0. The predicted molar refractivity (Wildman–Crippen MR) is 509 cm³/mol. The molecule has 2 atom stereocenters. The van der Waals surface area contributed by atoms with E-state index in [1.807, 2.05) is 30.3 Å². The van der Waals surface area contributed by atoms with Crippen LogP contribution in [-0.2, 0) is 128 Å². The highest BCUT2D eigenvalue weighted by Crippen LogP contribution is 2.34. The number of esters is 4. The summed E-state index contributed by atoms with van der Waals surface area (Å²) in [6, 6.07) is 124. The van der Waals surface area contributed by atoms with Crippen molar-refractivity contribution in [2.24, 2.45) is 0 Å². The molecule has 1 N–H and O–H groups in total. The summed E-state index contributed by atoms with van der Waals surface area (Å²) in [4.78, 5) is 49.8. The number of carbonyl (C=O) groups excluding carboxylic acids is 4. The zero-order valence-electron chi connectivity index (χ0n) is 72.9. The van der Waals surface area contributed by atoms with Crippen LogP contribution in [-0.4, -0.2) is 67.6 Å². The number of aliphatic hydroxyl groups is 1. The number of hydrogen-bond acceptors (Lipinski definition) is 10. The zero-order chi connectivity index (χ0) is 88.1. The molecule has 0 amide bonds.